The van der Waals surface area contributed by atoms with Crippen LogP contribution in [-0.2, 0) is 16.0 Å². The van der Waals surface area contributed by atoms with Crippen molar-refractivity contribution in [2.75, 3.05) is 6.61 Å². The molecule has 0 fully saturated rings. The summed E-state index contributed by atoms with van der Waals surface area (Å²) >= 11 is 0. The van der Waals surface area contributed by atoms with Gasteiger partial charge in [0.1, 0.15) is 6.10 Å². The molecule has 0 aliphatic rings. The smallest absolute Gasteiger partial charge is 0.408 e. The highest BCUT2D eigenvalue weighted by Crippen LogP contribution is 2.22. The number of aliphatic carboxylic acids is 1. The number of carboxylic acids is 1. The summed E-state index contributed by atoms with van der Waals surface area (Å²) in [4.78, 5) is 22.9. The van der Waals surface area contributed by atoms with Crippen molar-refractivity contribution in [1.29, 1.82) is 0 Å². The summed E-state index contributed by atoms with van der Waals surface area (Å²) in [5.74, 6) is -1.33. The average molecular weight is 329 g/mol. The molecule has 0 saturated carbocycles. The van der Waals surface area contributed by atoms with Gasteiger partial charge in [-0.25, -0.2) is 9.59 Å². The molecule has 0 spiro atoms. The topological polar surface area (TPSA) is 95.9 Å². The Labute approximate surface area is 139 Å². The summed E-state index contributed by atoms with van der Waals surface area (Å²) in [5.41, 5.74) is 1.78. The van der Waals surface area contributed by atoms with Gasteiger partial charge in [0.15, 0.2) is 6.04 Å². The SMILES string of the molecule is O=C(NC(CO)C(=O)O)OC(Cc1ccccc1)c1ccccc1. The molecule has 2 aromatic carbocycles. The van der Waals surface area contributed by atoms with E-state index in [9.17, 15) is 9.59 Å². The first-order chi connectivity index (χ1) is 11.6. The van der Waals surface area contributed by atoms with Crippen LogP contribution in [0.15, 0.2) is 60.7 Å². The molecule has 0 aromatic heterocycles. The van der Waals surface area contributed by atoms with Gasteiger partial charge >= 0.3 is 12.1 Å². The van der Waals surface area contributed by atoms with Gasteiger partial charge < -0.3 is 20.3 Å². The predicted molar refractivity (Wildman–Crippen MR) is 87.5 cm³/mol. The lowest BCUT2D eigenvalue weighted by Gasteiger charge is -2.20. The van der Waals surface area contributed by atoms with Crippen LogP contribution >= 0.6 is 0 Å². The number of carbonyl (C=O) groups excluding carboxylic acids is 1. The molecule has 0 radical (unpaired) electrons. The molecule has 0 heterocycles. The lowest BCUT2D eigenvalue weighted by atomic mass is 10.0. The number of aliphatic hydroxyl groups excluding tert-OH is 1. The van der Waals surface area contributed by atoms with Crippen molar-refractivity contribution in [3.8, 4) is 0 Å². The summed E-state index contributed by atoms with van der Waals surface area (Å²) in [5, 5.41) is 20.0. The van der Waals surface area contributed by atoms with Crippen molar-refractivity contribution in [2.24, 2.45) is 0 Å². The third kappa shape index (κ3) is 5.10. The van der Waals surface area contributed by atoms with Gasteiger partial charge in [-0.2, -0.15) is 0 Å². The fourth-order valence-corrected chi connectivity index (χ4v) is 2.21. The van der Waals surface area contributed by atoms with Gasteiger partial charge in [0.2, 0.25) is 0 Å². The zero-order valence-corrected chi connectivity index (χ0v) is 13.0. The number of nitrogens with one attached hydrogen (secondary N) is 1. The van der Waals surface area contributed by atoms with Crippen LogP contribution in [0, 0.1) is 0 Å². The van der Waals surface area contributed by atoms with Gasteiger partial charge in [-0.3, -0.25) is 0 Å². The molecule has 0 saturated heterocycles. The lowest BCUT2D eigenvalue weighted by Crippen LogP contribution is -2.44. The van der Waals surface area contributed by atoms with Crippen molar-refractivity contribution in [3.05, 3.63) is 71.8 Å². The number of alkyl carbamates (subject to hydrolysis) is 1. The standard InChI is InChI=1S/C18H19NO5/c20-12-15(17(21)22)19-18(23)24-16(14-9-5-2-6-10-14)11-13-7-3-1-4-8-13/h1-10,15-16,20H,11-12H2,(H,19,23)(H,21,22). The van der Waals surface area contributed by atoms with Crippen LogP contribution in [0.2, 0.25) is 0 Å². The average Bonchev–Trinajstić information content (AvgIpc) is 2.60. The lowest BCUT2D eigenvalue weighted by molar-refractivity contribution is -0.140. The molecule has 0 bridgehead atoms. The second-order valence-electron chi connectivity index (χ2n) is 5.21. The van der Waals surface area contributed by atoms with Gasteiger partial charge in [0, 0.05) is 6.42 Å². The van der Waals surface area contributed by atoms with Crippen LogP contribution in [0.25, 0.3) is 0 Å². The number of carbonyl (C=O) groups is 2. The van der Waals surface area contributed by atoms with E-state index in [4.69, 9.17) is 14.9 Å². The quantitative estimate of drug-likeness (QED) is 0.723. The van der Waals surface area contributed by atoms with Crippen LogP contribution in [0.3, 0.4) is 0 Å². The van der Waals surface area contributed by atoms with Crippen LogP contribution in [0.5, 0.6) is 0 Å². The van der Waals surface area contributed by atoms with Crippen molar-refractivity contribution in [3.63, 3.8) is 0 Å². The highest BCUT2D eigenvalue weighted by molar-refractivity contribution is 5.80. The van der Waals surface area contributed by atoms with Crippen LogP contribution < -0.4 is 5.32 Å². The summed E-state index contributed by atoms with van der Waals surface area (Å²) in [6.45, 7) is -0.709. The Hall–Kier alpha value is -2.86. The largest absolute Gasteiger partial charge is 0.480 e. The minimum Gasteiger partial charge on any atom is -0.480 e. The second kappa shape index (κ2) is 8.69. The Bertz CT molecular complexity index is 660. The van der Waals surface area contributed by atoms with Gasteiger partial charge in [0.25, 0.3) is 0 Å². The molecule has 2 atom stereocenters. The minimum atomic E-state index is -1.40. The maximum Gasteiger partial charge on any atom is 0.408 e. The zero-order chi connectivity index (χ0) is 17.4. The fraction of sp³-hybridized carbons (Fsp3) is 0.222. The molecule has 1 amide bonds. The fourth-order valence-electron chi connectivity index (χ4n) is 2.21. The van der Waals surface area contributed by atoms with E-state index in [1.165, 1.54) is 0 Å². The third-order valence-electron chi connectivity index (χ3n) is 3.46. The number of aliphatic hydroxyl groups is 1. The predicted octanol–water partition coefficient (Wildman–Crippen LogP) is 2.14. The van der Waals surface area contributed by atoms with Gasteiger partial charge in [-0.15, -0.1) is 0 Å². The normalized spacial score (nSPS) is 12.9. The number of ether oxygens (including phenoxy) is 1. The maximum absolute atomic E-state index is 12.0. The number of carboxylic acid groups (broad SMARTS) is 1. The minimum absolute atomic E-state index is 0.454. The molecule has 0 aliphatic carbocycles. The highest BCUT2D eigenvalue weighted by atomic mass is 16.6. The van der Waals surface area contributed by atoms with E-state index in [-0.39, 0.29) is 0 Å². The summed E-state index contributed by atoms with van der Waals surface area (Å²) in [6, 6.07) is 17.3. The van der Waals surface area contributed by atoms with Crippen molar-refractivity contribution < 1.29 is 24.5 Å². The molecular formula is C18H19NO5. The molecule has 24 heavy (non-hydrogen) atoms. The number of rotatable bonds is 7. The molecule has 6 nitrogen and oxygen atoms in total. The van der Waals surface area contributed by atoms with E-state index < -0.39 is 30.8 Å². The maximum atomic E-state index is 12.0. The van der Waals surface area contributed by atoms with E-state index in [0.717, 1.165) is 11.1 Å². The Kier molecular flexibility index (Phi) is 6.33. The van der Waals surface area contributed by atoms with Crippen molar-refractivity contribution in [1.82, 2.24) is 5.32 Å². The molecule has 2 rings (SSSR count). The summed E-state index contributed by atoms with van der Waals surface area (Å²) < 4.78 is 5.40. The van der Waals surface area contributed by atoms with Crippen molar-refractivity contribution in [2.45, 2.75) is 18.6 Å². The molecular weight excluding hydrogens is 310 g/mol. The first-order valence-electron chi connectivity index (χ1n) is 7.50. The Morgan fingerprint density at radius 2 is 1.58 bits per heavy atom. The molecule has 126 valence electrons. The monoisotopic (exact) mass is 329 g/mol. The number of hydrogen-bond donors (Lipinski definition) is 3. The summed E-state index contributed by atoms with van der Waals surface area (Å²) in [6.07, 6.45) is -1.00. The first-order valence-corrected chi connectivity index (χ1v) is 7.50. The number of amides is 1. The highest BCUT2D eigenvalue weighted by Gasteiger charge is 2.23. The second-order valence-corrected chi connectivity index (χ2v) is 5.21. The van der Waals surface area contributed by atoms with E-state index in [1.54, 1.807) is 0 Å². The summed E-state index contributed by atoms with van der Waals surface area (Å²) in [7, 11) is 0. The van der Waals surface area contributed by atoms with E-state index >= 15 is 0 Å². The Morgan fingerprint density at radius 3 is 2.12 bits per heavy atom. The Balaban J connectivity index is 2.11. The number of benzene rings is 2. The molecule has 6 heteroatoms. The van der Waals surface area contributed by atoms with Crippen molar-refractivity contribution >= 4 is 12.1 Å². The van der Waals surface area contributed by atoms with Crippen LogP contribution in [-0.4, -0.2) is 34.9 Å². The van der Waals surface area contributed by atoms with Gasteiger partial charge in [-0.1, -0.05) is 60.7 Å². The van der Waals surface area contributed by atoms with E-state index in [2.05, 4.69) is 5.32 Å². The van der Waals surface area contributed by atoms with Crippen LogP contribution in [0.4, 0.5) is 4.79 Å². The Morgan fingerprint density at radius 1 is 1.00 bits per heavy atom. The molecule has 0 aliphatic heterocycles. The molecule has 2 unspecified atom stereocenters. The van der Waals surface area contributed by atoms with E-state index in [0.29, 0.717) is 6.42 Å². The zero-order valence-electron chi connectivity index (χ0n) is 13.0. The first kappa shape index (κ1) is 17.5. The van der Waals surface area contributed by atoms with E-state index in [1.807, 2.05) is 60.7 Å². The third-order valence-corrected chi connectivity index (χ3v) is 3.46. The van der Waals surface area contributed by atoms with Gasteiger partial charge in [-0.05, 0) is 11.1 Å². The molecule has 2 aromatic rings. The van der Waals surface area contributed by atoms with Gasteiger partial charge in [0.05, 0.1) is 6.61 Å². The molecule has 3 N–H and O–H groups in total. The van der Waals surface area contributed by atoms with Crippen LogP contribution in [0.1, 0.15) is 17.2 Å². The number of hydrogen-bond acceptors (Lipinski definition) is 4.